The molecule has 0 saturated heterocycles. The van der Waals surface area contributed by atoms with E-state index < -0.39 is 0 Å². The molecule has 0 spiro atoms. The number of ether oxygens (including phenoxy) is 3. The number of aromatic nitrogens is 3. The van der Waals surface area contributed by atoms with Crippen LogP contribution in [0.2, 0.25) is 0 Å². The fourth-order valence-corrected chi connectivity index (χ4v) is 3.33. The molecule has 146 valence electrons. The van der Waals surface area contributed by atoms with Crippen molar-refractivity contribution in [1.82, 2.24) is 21.3 Å². The summed E-state index contributed by atoms with van der Waals surface area (Å²) in [6.45, 7) is 1.19. The lowest BCUT2D eigenvalue weighted by Crippen LogP contribution is -2.32. The average Bonchev–Trinajstić information content (AvgIpc) is 3.11. The van der Waals surface area contributed by atoms with E-state index in [0.29, 0.717) is 36.5 Å². The van der Waals surface area contributed by atoms with E-state index in [2.05, 4.69) is 27.3 Å². The maximum absolute atomic E-state index is 11.1. The van der Waals surface area contributed by atoms with Crippen LogP contribution in [0.15, 0.2) is 46.0 Å². The fourth-order valence-electron chi connectivity index (χ4n) is 3.33. The summed E-state index contributed by atoms with van der Waals surface area (Å²) >= 11 is 0. The molecule has 1 aromatic carbocycles. The molecule has 1 aliphatic heterocycles. The maximum atomic E-state index is 11.1. The van der Waals surface area contributed by atoms with Crippen molar-refractivity contribution in [2.75, 3.05) is 13.2 Å². The molecule has 0 atom stereocenters. The molecule has 0 bridgehead atoms. The minimum absolute atomic E-state index is 0. The Morgan fingerprint density at radius 3 is 2.57 bits per heavy atom. The van der Waals surface area contributed by atoms with Crippen LogP contribution >= 0.6 is 0 Å². The van der Waals surface area contributed by atoms with E-state index in [4.69, 9.17) is 18.7 Å². The Morgan fingerprint density at radius 2 is 1.86 bits per heavy atom. The Balaban J connectivity index is 0.00000192. The maximum Gasteiger partial charge on any atom is 0.280 e. The Labute approximate surface area is 160 Å². The van der Waals surface area contributed by atoms with Gasteiger partial charge in [0.25, 0.3) is 5.56 Å². The summed E-state index contributed by atoms with van der Waals surface area (Å²) in [5, 5.41) is 2.23. The van der Waals surface area contributed by atoms with Crippen LogP contribution < -0.4 is 25.9 Å². The number of fused-ring (bicyclic) bond motifs is 1. The van der Waals surface area contributed by atoms with Gasteiger partial charge in [-0.1, -0.05) is 6.07 Å². The zero-order valence-electron chi connectivity index (χ0n) is 15.1. The van der Waals surface area contributed by atoms with Crippen LogP contribution in [0.5, 0.6) is 17.4 Å². The summed E-state index contributed by atoms with van der Waals surface area (Å²) in [7, 11) is 0. The minimum atomic E-state index is -0.313. The molecule has 0 unspecified atom stereocenters. The van der Waals surface area contributed by atoms with E-state index in [0.717, 1.165) is 24.3 Å². The molecule has 2 aromatic heterocycles. The number of aromatic amines is 1. The van der Waals surface area contributed by atoms with Gasteiger partial charge in [-0.25, -0.2) is 9.97 Å². The lowest BCUT2D eigenvalue weighted by Gasteiger charge is -2.35. The minimum Gasteiger partial charge on any atom is -0.486 e. The first-order chi connectivity index (χ1) is 13.2. The molecular weight excluding hydrogens is 364 g/mol. The fraction of sp³-hybridized carbons (Fsp3) is 0.316. The van der Waals surface area contributed by atoms with Gasteiger partial charge in [-0.05, 0) is 36.5 Å². The third-order valence-corrected chi connectivity index (χ3v) is 4.82. The Kier molecular flexibility index (Phi) is 4.74. The van der Waals surface area contributed by atoms with Gasteiger partial charge in [0, 0.05) is 0 Å². The molecule has 0 radical (unpaired) electrons. The van der Waals surface area contributed by atoms with Gasteiger partial charge in [-0.3, -0.25) is 4.79 Å². The molecule has 28 heavy (non-hydrogen) atoms. The van der Waals surface area contributed by atoms with Crippen molar-refractivity contribution in [3.63, 3.8) is 0 Å². The largest absolute Gasteiger partial charge is 0.486 e. The van der Waals surface area contributed by atoms with Crippen LogP contribution in [-0.2, 0) is 0 Å². The molecule has 9 heteroatoms. The Bertz CT molecular complexity index is 1010. The number of hydrogen-bond acceptors (Lipinski definition) is 8. The lowest BCUT2D eigenvalue weighted by molar-refractivity contribution is 0.0927. The number of hydrogen-bond donors (Lipinski definition) is 2. The molecule has 2 aliphatic rings. The topological polar surface area (TPSA) is 134 Å². The van der Waals surface area contributed by atoms with Crippen molar-refractivity contribution in [1.29, 1.82) is 0 Å². The molecule has 5 rings (SSSR count). The van der Waals surface area contributed by atoms with Gasteiger partial charge in [0.05, 0.1) is 18.5 Å². The molecule has 0 amide bonds. The first-order valence-corrected chi connectivity index (χ1v) is 8.82. The lowest BCUT2D eigenvalue weighted by atomic mass is 9.77. The van der Waals surface area contributed by atoms with Gasteiger partial charge in [-0.2, -0.15) is 5.16 Å². The van der Waals surface area contributed by atoms with Crippen molar-refractivity contribution in [3.05, 3.63) is 52.6 Å². The second-order valence-electron chi connectivity index (χ2n) is 6.63. The van der Waals surface area contributed by atoms with Crippen LogP contribution in [0.1, 0.15) is 24.3 Å². The Morgan fingerprint density at radius 1 is 1.04 bits per heavy atom. The van der Waals surface area contributed by atoms with Gasteiger partial charge in [0.15, 0.2) is 17.3 Å². The van der Waals surface area contributed by atoms with Crippen LogP contribution in [0.3, 0.4) is 0 Å². The summed E-state index contributed by atoms with van der Waals surface area (Å²) in [6, 6.07) is 7.46. The van der Waals surface area contributed by atoms with Crippen molar-refractivity contribution < 1.29 is 18.7 Å². The van der Waals surface area contributed by atoms with E-state index in [1.807, 2.05) is 6.07 Å². The first kappa shape index (κ1) is 18.1. The van der Waals surface area contributed by atoms with Crippen molar-refractivity contribution in [2.24, 2.45) is 0 Å². The van der Waals surface area contributed by atoms with Crippen LogP contribution in [-0.4, -0.2) is 34.4 Å². The second-order valence-corrected chi connectivity index (χ2v) is 6.63. The zero-order chi connectivity index (χ0) is 18.2. The number of nitrogens with zero attached hydrogens (tertiary/aromatic N) is 2. The van der Waals surface area contributed by atoms with Crippen molar-refractivity contribution >= 4 is 0 Å². The molecule has 9 nitrogen and oxygen atoms in total. The van der Waals surface area contributed by atoms with Crippen molar-refractivity contribution in [2.45, 2.75) is 24.9 Å². The standard InChI is InChI=1S/C19H17N3O5.H3N/c23-18-8-16(27-22-18)14-9-21-19(10-20-14)26-13-5-12(6-13)11-1-2-15-17(7-11)25-4-3-24-15;/h1-2,7-10,12-13H,3-6H2,(H,22,23);1H3. The Hall–Kier alpha value is -3.33. The number of rotatable bonds is 4. The van der Waals surface area contributed by atoms with Gasteiger partial charge in [0.2, 0.25) is 5.88 Å². The summed E-state index contributed by atoms with van der Waals surface area (Å²) in [5.74, 6) is 2.88. The van der Waals surface area contributed by atoms with Crippen molar-refractivity contribution in [3.8, 4) is 28.8 Å². The highest BCUT2D eigenvalue weighted by molar-refractivity contribution is 5.49. The van der Waals surface area contributed by atoms with Gasteiger partial charge in [0.1, 0.15) is 25.0 Å². The summed E-state index contributed by atoms with van der Waals surface area (Å²) in [5.41, 5.74) is 1.40. The van der Waals surface area contributed by atoms with Crippen LogP contribution in [0.25, 0.3) is 11.5 Å². The summed E-state index contributed by atoms with van der Waals surface area (Å²) < 4.78 is 22.1. The van der Waals surface area contributed by atoms with Gasteiger partial charge >= 0.3 is 0 Å². The summed E-state index contributed by atoms with van der Waals surface area (Å²) in [4.78, 5) is 19.6. The van der Waals surface area contributed by atoms with E-state index in [9.17, 15) is 4.79 Å². The number of nitrogens with one attached hydrogen (secondary N) is 1. The quantitative estimate of drug-likeness (QED) is 0.701. The highest BCUT2D eigenvalue weighted by Gasteiger charge is 2.33. The smallest absolute Gasteiger partial charge is 0.280 e. The second kappa shape index (κ2) is 7.35. The zero-order valence-corrected chi connectivity index (χ0v) is 15.1. The molecule has 1 saturated carbocycles. The molecular formula is C19H20N4O5. The van der Waals surface area contributed by atoms with E-state index in [-0.39, 0.29) is 17.8 Å². The highest BCUT2D eigenvalue weighted by atomic mass is 16.6. The predicted molar refractivity (Wildman–Crippen MR) is 99.2 cm³/mol. The van der Waals surface area contributed by atoms with E-state index in [1.165, 1.54) is 17.8 Å². The molecule has 1 fully saturated rings. The summed E-state index contributed by atoms with van der Waals surface area (Å²) in [6.07, 6.45) is 5.00. The number of H-pyrrole nitrogens is 1. The molecule has 3 heterocycles. The van der Waals surface area contributed by atoms with E-state index in [1.54, 1.807) is 6.20 Å². The monoisotopic (exact) mass is 384 g/mol. The van der Waals surface area contributed by atoms with E-state index >= 15 is 0 Å². The van der Waals surface area contributed by atoms with Gasteiger partial charge < -0.3 is 24.9 Å². The molecule has 1 aliphatic carbocycles. The first-order valence-electron chi connectivity index (χ1n) is 8.82. The van der Waals surface area contributed by atoms with Crippen LogP contribution in [0, 0.1) is 0 Å². The third-order valence-electron chi connectivity index (χ3n) is 4.82. The number of benzene rings is 1. The molecule has 3 aromatic rings. The average molecular weight is 384 g/mol. The van der Waals surface area contributed by atoms with Gasteiger partial charge in [-0.15, -0.1) is 0 Å². The SMILES string of the molecule is N.O=c1cc(-c2cnc(OC3CC(c4ccc5c(c4)OCCO5)C3)cn2)o[nH]1. The normalized spacial score (nSPS) is 20.0. The highest BCUT2D eigenvalue weighted by Crippen LogP contribution is 2.42. The van der Waals surface area contributed by atoms with Crippen LogP contribution in [0.4, 0.5) is 0 Å². The molecule has 4 N–H and O–H groups in total. The predicted octanol–water partition coefficient (Wildman–Crippen LogP) is 2.68. The third kappa shape index (κ3) is 3.44.